The molecule has 0 amide bonds. The van der Waals surface area contributed by atoms with Gasteiger partial charge in [0.2, 0.25) is 11.6 Å². The molecule has 0 aliphatic carbocycles. The number of carbonyl (C=O) groups excluding carboxylic acids is 2. The molecule has 3 rings (SSSR count). The predicted molar refractivity (Wildman–Crippen MR) is 115 cm³/mol. The van der Waals surface area contributed by atoms with Crippen LogP contribution in [0.5, 0.6) is 0 Å². The quantitative estimate of drug-likeness (QED) is 0.295. The minimum atomic E-state index is -0.558. The SMILES string of the molecule is N#CC(=Cc1cccc(C=C(C#N)C(=O)c2ccc(F)cc2)c1)C(=O)c1ccc(F)cc1. The molecule has 4 nitrogen and oxygen atoms in total. The number of benzene rings is 3. The fraction of sp³-hybridized carbons (Fsp3) is 0. The molecule has 0 bridgehead atoms. The minimum absolute atomic E-state index is 0.152. The highest BCUT2D eigenvalue weighted by molar-refractivity contribution is 6.14. The zero-order chi connectivity index (χ0) is 23.1. The Morgan fingerprint density at radius 1 is 0.656 bits per heavy atom. The largest absolute Gasteiger partial charge is 0.288 e. The summed E-state index contributed by atoms with van der Waals surface area (Å²) in [5, 5.41) is 18.8. The summed E-state index contributed by atoms with van der Waals surface area (Å²) in [7, 11) is 0. The van der Waals surface area contributed by atoms with E-state index in [0.29, 0.717) is 11.1 Å². The molecule has 6 heteroatoms. The van der Waals surface area contributed by atoms with Crippen LogP contribution in [0.4, 0.5) is 8.78 Å². The number of hydrogen-bond donors (Lipinski definition) is 0. The van der Waals surface area contributed by atoms with Crippen LogP contribution in [0.3, 0.4) is 0 Å². The number of halogens is 2. The third-order valence-corrected chi connectivity index (χ3v) is 4.48. The Morgan fingerprint density at radius 2 is 1.03 bits per heavy atom. The maximum absolute atomic E-state index is 13.1. The Morgan fingerprint density at radius 3 is 1.38 bits per heavy atom. The first kappa shape index (κ1) is 22.0. The number of Topliss-reactive ketones (excluding diaryl/α,β-unsaturated/α-hetero) is 2. The van der Waals surface area contributed by atoms with Gasteiger partial charge in [-0.3, -0.25) is 9.59 Å². The Kier molecular flexibility index (Phi) is 6.80. The predicted octanol–water partition coefficient (Wildman–Crippen LogP) is 5.54. The monoisotopic (exact) mass is 424 g/mol. The summed E-state index contributed by atoms with van der Waals surface area (Å²) in [6.45, 7) is 0. The van der Waals surface area contributed by atoms with Crippen LogP contribution in [0.1, 0.15) is 31.8 Å². The molecular formula is C26H14F2N2O2. The van der Waals surface area contributed by atoms with E-state index in [9.17, 15) is 28.9 Å². The second-order valence-electron chi connectivity index (χ2n) is 6.68. The van der Waals surface area contributed by atoms with Gasteiger partial charge in [0.25, 0.3) is 0 Å². The Labute approximate surface area is 183 Å². The number of nitrogens with zero attached hydrogens (tertiary/aromatic N) is 2. The normalized spacial score (nSPS) is 11.4. The Hall–Kier alpha value is -4.68. The smallest absolute Gasteiger partial charge is 0.203 e. The molecule has 0 N–H and O–H groups in total. The third kappa shape index (κ3) is 5.27. The number of ketones is 2. The summed E-state index contributed by atoms with van der Waals surface area (Å²) in [5.74, 6) is -2.10. The van der Waals surface area contributed by atoms with Crippen molar-refractivity contribution in [3.63, 3.8) is 0 Å². The van der Waals surface area contributed by atoms with Crippen molar-refractivity contribution in [3.8, 4) is 12.1 Å². The molecule has 0 aromatic heterocycles. The summed E-state index contributed by atoms with van der Waals surface area (Å²) in [6, 6.07) is 20.0. The molecule has 32 heavy (non-hydrogen) atoms. The summed E-state index contributed by atoms with van der Waals surface area (Å²) < 4.78 is 26.2. The molecule has 3 aromatic carbocycles. The van der Waals surface area contributed by atoms with Crippen LogP contribution in [-0.2, 0) is 0 Å². The highest BCUT2D eigenvalue weighted by Gasteiger charge is 2.14. The molecule has 3 aromatic rings. The van der Waals surface area contributed by atoms with Gasteiger partial charge in [-0.15, -0.1) is 0 Å². The van der Waals surface area contributed by atoms with Crippen LogP contribution in [0.15, 0.2) is 83.9 Å². The molecule has 0 radical (unpaired) electrons. The molecule has 0 spiro atoms. The molecular weight excluding hydrogens is 410 g/mol. The topological polar surface area (TPSA) is 81.7 Å². The van der Waals surface area contributed by atoms with Gasteiger partial charge in [0.15, 0.2) is 0 Å². The number of allylic oxidation sites excluding steroid dienone is 2. The van der Waals surface area contributed by atoms with Crippen molar-refractivity contribution in [1.29, 1.82) is 10.5 Å². The van der Waals surface area contributed by atoms with E-state index in [1.165, 1.54) is 36.4 Å². The molecule has 154 valence electrons. The molecule has 0 saturated carbocycles. The maximum atomic E-state index is 13.1. The Bertz CT molecular complexity index is 1220. The summed E-state index contributed by atoms with van der Waals surface area (Å²) in [5.41, 5.74) is 1.04. The lowest BCUT2D eigenvalue weighted by molar-refractivity contribution is 0.103. The van der Waals surface area contributed by atoms with E-state index in [0.717, 1.165) is 24.3 Å². The fourth-order valence-electron chi connectivity index (χ4n) is 2.88. The molecule has 0 saturated heterocycles. The first-order valence-corrected chi connectivity index (χ1v) is 9.35. The van der Waals surface area contributed by atoms with Gasteiger partial charge in [0, 0.05) is 11.1 Å². The first-order chi connectivity index (χ1) is 15.4. The van der Waals surface area contributed by atoms with E-state index in [1.807, 2.05) is 12.1 Å². The summed E-state index contributed by atoms with van der Waals surface area (Å²) in [4.78, 5) is 25.1. The molecule has 0 atom stereocenters. The van der Waals surface area contributed by atoms with E-state index < -0.39 is 23.2 Å². The van der Waals surface area contributed by atoms with Crippen LogP contribution in [0.2, 0.25) is 0 Å². The summed E-state index contributed by atoms with van der Waals surface area (Å²) >= 11 is 0. The molecule has 0 fully saturated rings. The number of rotatable bonds is 6. The van der Waals surface area contributed by atoms with Crippen LogP contribution in [0, 0.1) is 34.3 Å². The van der Waals surface area contributed by atoms with E-state index >= 15 is 0 Å². The lowest BCUT2D eigenvalue weighted by Crippen LogP contribution is -2.02. The van der Waals surface area contributed by atoms with Crippen molar-refractivity contribution >= 4 is 23.7 Å². The van der Waals surface area contributed by atoms with Crippen molar-refractivity contribution in [1.82, 2.24) is 0 Å². The Balaban J connectivity index is 1.91. The fourth-order valence-corrected chi connectivity index (χ4v) is 2.88. The van der Waals surface area contributed by atoms with Gasteiger partial charge < -0.3 is 0 Å². The van der Waals surface area contributed by atoms with Crippen molar-refractivity contribution in [2.24, 2.45) is 0 Å². The molecule has 0 unspecified atom stereocenters. The van der Waals surface area contributed by atoms with Gasteiger partial charge in [-0.05, 0) is 77.9 Å². The minimum Gasteiger partial charge on any atom is -0.288 e. The highest BCUT2D eigenvalue weighted by Crippen LogP contribution is 2.18. The second kappa shape index (κ2) is 9.88. The van der Waals surface area contributed by atoms with Crippen LogP contribution in [-0.4, -0.2) is 11.6 Å². The van der Waals surface area contributed by atoms with Gasteiger partial charge in [0.1, 0.15) is 34.9 Å². The van der Waals surface area contributed by atoms with Crippen molar-refractivity contribution in [2.45, 2.75) is 0 Å². The van der Waals surface area contributed by atoms with Gasteiger partial charge >= 0.3 is 0 Å². The number of carbonyl (C=O) groups is 2. The van der Waals surface area contributed by atoms with Gasteiger partial charge in [-0.1, -0.05) is 18.2 Å². The average Bonchev–Trinajstić information content (AvgIpc) is 2.81. The van der Waals surface area contributed by atoms with E-state index in [4.69, 9.17) is 0 Å². The zero-order valence-electron chi connectivity index (χ0n) is 16.5. The van der Waals surface area contributed by atoms with E-state index in [-0.39, 0.29) is 22.3 Å². The lowest BCUT2D eigenvalue weighted by atomic mass is 9.99. The molecule has 0 heterocycles. The van der Waals surface area contributed by atoms with Crippen molar-refractivity contribution < 1.29 is 18.4 Å². The molecule has 0 aliphatic heterocycles. The zero-order valence-corrected chi connectivity index (χ0v) is 16.5. The van der Waals surface area contributed by atoms with Gasteiger partial charge in [-0.25, -0.2) is 8.78 Å². The number of hydrogen-bond acceptors (Lipinski definition) is 4. The van der Waals surface area contributed by atoms with E-state index in [2.05, 4.69) is 0 Å². The maximum Gasteiger partial charge on any atom is 0.203 e. The summed E-state index contributed by atoms with van der Waals surface area (Å²) in [6.07, 6.45) is 2.74. The lowest BCUT2D eigenvalue weighted by Gasteiger charge is -2.03. The average molecular weight is 424 g/mol. The van der Waals surface area contributed by atoms with Gasteiger partial charge in [0.05, 0.1) is 0 Å². The second-order valence-corrected chi connectivity index (χ2v) is 6.68. The van der Waals surface area contributed by atoms with Gasteiger partial charge in [-0.2, -0.15) is 10.5 Å². The van der Waals surface area contributed by atoms with Crippen LogP contribution < -0.4 is 0 Å². The first-order valence-electron chi connectivity index (χ1n) is 9.35. The number of nitriles is 2. The van der Waals surface area contributed by atoms with Crippen LogP contribution >= 0.6 is 0 Å². The highest BCUT2D eigenvalue weighted by atomic mass is 19.1. The molecule has 0 aliphatic rings. The third-order valence-electron chi connectivity index (χ3n) is 4.48. The van der Waals surface area contributed by atoms with Crippen molar-refractivity contribution in [3.05, 3.63) is 118 Å². The standard InChI is InChI=1S/C26H14F2N2O2/c27-23-8-4-19(5-9-23)25(31)21(15-29)13-17-2-1-3-18(12-17)14-22(16-30)26(32)20-6-10-24(28)11-7-20/h1-14H. The van der Waals surface area contributed by atoms with E-state index in [1.54, 1.807) is 24.3 Å². The van der Waals surface area contributed by atoms with Crippen LogP contribution in [0.25, 0.3) is 12.2 Å². The van der Waals surface area contributed by atoms with Crippen molar-refractivity contribution in [2.75, 3.05) is 0 Å².